The van der Waals surface area contributed by atoms with Gasteiger partial charge < -0.3 is 4.90 Å². The van der Waals surface area contributed by atoms with Gasteiger partial charge in [0.05, 0.1) is 20.2 Å². The maximum atomic E-state index is 13.3. The van der Waals surface area contributed by atoms with Gasteiger partial charge in [0, 0.05) is 25.8 Å². The minimum Gasteiger partial charge on any atom is -0.302 e. The molecule has 2 aromatic carbocycles. The first kappa shape index (κ1) is 28.2. The summed E-state index contributed by atoms with van der Waals surface area (Å²) in [6.45, 7) is 6.55. The lowest BCUT2D eigenvalue weighted by atomic mass is 10.3. The summed E-state index contributed by atoms with van der Waals surface area (Å²) in [7, 11) is -7.18. The second kappa shape index (κ2) is 11.8. The highest BCUT2D eigenvalue weighted by atomic mass is 32.2. The Kier molecular flexibility index (Phi) is 9.20. The molecular weight excluding hydrogens is 525 g/mol. The number of para-hydroxylation sites is 1. The molecule has 0 aliphatic heterocycles. The Morgan fingerprint density at radius 2 is 1.67 bits per heavy atom. The number of rotatable bonds is 12. The van der Waals surface area contributed by atoms with Crippen molar-refractivity contribution in [1.82, 2.24) is 9.88 Å². The molecule has 0 bridgehead atoms. The van der Waals surface area contributed by atoms with Gasteiger partial charge in [-0.2, -0.15) is 0 Å². The molecule has 0 aliphatic carbocycles. The van der Waals surface area contributed by atoms with Gasteiger partial charge in [0.25, 0.3) is 0 Å². The van der Waals surface area contributed by atoms with Crippen LogP contribution in [0.4, 0.5) is 9.52 Å². The van der Waals surface area contributed by atoms with Crippen LogP contribution >= 0.6 is 11.3 Å². The van der Waals surface area contributed by atoms with E-state index < -0.39 is 25.5 Å². The molecule has 36 heavy (non-hydrogen) atoms. The van der Waals surface area contributed by atoms with Crippen molar-refractivity contribution < 1.29 is 26.0 Å². The van der Waals surface area contributed by atoms with E-state index in [1.165, 1.54) is 34.4 Å². The van der Waals surface area contributed by atoms with Crippen LogP contribution in [0.15, 0.2) is 52.3 Å². The highest BCUT2D eigenvalue weighted by Gasteiger charge is 2.24. The van der Waals surface area contributed by atoms with Crippen LogP contribution in [0.2, 0.25) is 0 Å². The van der Waals surface area contributed by atoms with Gasteiger partial charge in [0.2, 0.25) is 5.91 Å². The minimum atomic E-state index is -3.66. The molecule has 1 heterocycles. The molecule has 3 aromatic rings. The Morgan fingerprint density at radius 1 is 1.00 bits per heavy atom. The second-order valence-electron chi connectivity index (χ2n) is 8.32. The number of carbonyl (C=O) groups excluding carboxylic acids is 1. The van der Waals surface area contributed by atoms with E-state index in [0.29, 0.717) is 28.4 Å². The van der Waals surface area contributed by atoms with Gasteiger partial charge >= 0.3 is 0 Å². The third-order valence-electron chi connectivity index (χ3n) is 5.81. The number of anilines is 1. The molecule has 0 aliphatic rings. The summed E-state index contributed by atoms with van der Waals surface area (Å²) in [6.07, 6.45) is 1.17. The van der Waals surface area contributed by atoms with Crippen molar-refractivity contribution in [3.05, 3.63) is 48.3 Å². The molecule has 0 spiro atoms. The van der Waals surface area contributed by atoms with Crippen molar-refractivity contribution in [2.75, 3.05) is 43.1 Å². The van der Waals surface area contributed by atoms with Crippen LogP contribution in [0, 0.1) is 5.82 Å². The van der Waals surface area contributed by atoms with E-state index in [2.05, 4.69) is 9.88 Å². The maximum absolute atomic E-state index is 13.3. The van der Waals surface area contributed by atoms with Gasteiger partial charge in [-0.1, -0.05) is 31.3 Å². The Labute approximate surface area is 215 Å². The Hall–Kier alpha value is -2.41. The zero-order valence-corrected chi connectivity index (χ0v) is 22.9. The lowest BCUT2D eigenvalue weighted by molar-refractivity contribution is -0.118. The van der Waals surface area contributed by atoms with Gasteiger partial charge in [-0.05, 0) is 55.9 Å². The Balaban J connectivity index is 1.83. The number of aromatic nitrogens is 1. The fraction of sp³-hybridized carbons (Fsp3) is 0.417. The number of benzene rings is 2. The largest absolute Gasteiger partial charge is 0.302 e. The van der Waals surface area contributed by atoms with E-state index in [1.807, 2.05) is 13.8 Å². The van der Waals surface area contributed by atoms with Gasteiger partial charge in [-0.25, -0.2) is 26.2 Å². The molecule has 196 valence electrons. The first-order chi connectivity index (χ1) is 17.0. The molecule has 3 rings (SSSR count). The number of sulfone groups is 2. The molecular formula is C24H30FN3O5S3. The average molecular weight is 556 g/mol. The van der Waals surface area contributed by atoms with Crippen LogP contribution in [-0.2, 0) is 24.5 Å². The second-order valence-corrected chi connectivity index (χ2v) is 13.4. The van der Waals surface area contributed by atoms with Gasteiger partial charge in [-0.15, -0.1) is 0 Å². The van der Waals surface area contributed by atoms with Crippen LogP contribution in [-0.4, -0.2) is 70.8 Å². The molecule has 0 atom stereocenters. The normalized spacial score (nSPS) is 12.4. The molecule has 8 nitrogen and oxygen atoms in total. The van der Waals surface area contributed by atoms with E-state index in [0.717, 1.165) is 31.5 Å². The lowest BCUT2D eigenvalue weighted by Gasteiger charge is -2.24. The van der Waals surface area contributed by atoms with Crippen molar-refractivity contribution in [2.24, 2.45) is 0 Å². The van der Waals surface area contributed by atoms with Crippen molar-refractivity contribution in [3.8, 4) is 0 Å². The van der Waals surface area contributed by atoms with E-state index in [1.54, 1.807) is 12.1 Å². The number of fused-ring (bicyclic) bond motifs is 1. The topological polar surface area (TPSA) is 105 Å². The molecule has 1 amide bonds. The van der Waals surface area contributed by atoms with Crippen LogP contribution in [0.3, 0.4) is 0 Å². The molecule has 0 unspecified atom stereocenters. The van der Waals surface area contributed by atoms with Crippen LogP contribution in [0.5, 0.6) is 0 Å². The minimum absolute atomic E-state index is 0.00853. The van der Waals surface area contributed by atoms with Gasteiger partial charge in [0.15, 0.2) is 24.8 Å². The molecule has 0 saturated carbocycles. The van der Waals surface area contributed by atoms with E-state index >= 15 is 0 Å². The van der Waals surface area contributed by atoms with Crippen molar-refractivity contribution in [2.45, 2.75) is 36.5 Å². The highest BCUT2D eigenvalue weighted by molar-refractivity contribution is 7.91. The number of nitrogens with zero attached hydrogens (tertiary/aromatic N) is 3. The van der Waals surface area contributed by atoms with Crippen molar-refractivity contribution >= 4 is 52.3 Å². The standard InChI is InChI=1S/C24H30FN3O5S3/c1-4-27(5-2)15-16-28(24-26-23-20(34-24)8-6-9-21(23)35(3,30)31)22(29)10-7-17-36(32,33)19-13-11-18(25)12-14-19/h6,8-9,11-14H,4-5,7,10,15-17H2,1-3H3. The summed E-state index contributed by atoms with van der Waals surface area (Å²) >= 11 is 1.23. The summed E-state index contributed by atoms with van der Waals surface area (Å²) in [5.74, 6) is -1.08. The predicted octanol–water partition coefficient (Wildman–Crippen LogP) is 3.77. The number of likely N-dealkylation sites (N-methyl/N-ethyl adjacent to an activating group) is 1. The highest BCUT2D eigenvalue weighted by Crippen LogP contribution is 2.33. The average Bonchev–Trinajstić information content (AvgIpc) is 3.25. The zero-order valence-electron chi connectivity index (χ0n) is 20.5. The van der Waals surface area contributed by atoms with E-state index in [4.69, 9.17) is 0 Å². The van der Waals surface area contributed by atoms with E-state index in [9.17, 15) is 26.0 Å². The smallest absolute Gasteiger partial charge is 0.228 e. The summed E-state index contributed by atoms with van der Waals surface area (Å²) < 4.78 is 63.4. The third kappa shape index (κ3) is 6.87. The lowest BCUT2D eigenvalue weighted by Crippen LogP contribution is -2.39. The van der Waals surface area contributed by atoms with E-state index in [-0.39, 0.29) is 34.3 Å². The number of amides is 1. The van der Waals surface area contributed by atoms with Gasteiger partial charge in [0.1, 0.15) is 11.3 Å². The van der Waals surface area contributed by atoms with Crippen LogP contribution < -0.4 is 4.90 Å². The zero-order chi connectivity index (χ0) is 26.5. The van der Waals surface area contributed by atoms with Crippen LogP contribution in [0.1, 0.15) is 26.7 Å². The number of halogens is 1. The first-order valence-electron chi connectivity index (χ1n) is 11.6. The van der Waals surface area contributed by atoms with Crippen molar-refractivity contribution in [3.63, 3.8) is 0 Å². The Bertz CT molecular complexity index is 1420. The third-order valence-corrected chi connectivity index (χ3v) is 9.80. The van der Waals surface area contributed by atoms with Crippen molar-refractivity contribution in [1.29, 1.82) is 0 Å². The van der Waals surface area contributed by atoms with Crippen LogP contribution in [0.25, 0.3) is 10.2 Å². The number of thiazole rings is 1. The molecule has 0 fully saturated rings. The Morgan fingerprint density at radius 3 is 2.28 bits per heavy atom. The molecule has 0 N–H and O–H groups in total. The maximum Gasteiger partial charge on any atom is 0.228 e. The summed E-state index contributed by atoms with van der Waals surface area (Å²) in [4.78, 5) is 21.6. The summed E-state index contributed by atoms with van der Waals surface area (Å²) in [6, 6.07) is 9.49. The monoisotopic (exact) mass is 555 g/mol. The number of hydrogen-bond donors (Lipinski definition) is 0. The number of hydrogen-bond acceptors (Lipinski definition) is 8. The number of carbonyl (C=O) groups is 1. The molecule has 0 saturated heterocycles. The fourth-order valence-corrected chi connectivity index (χ4v) is 6.99. The molecule has 1 aromatic heterocycles. The quantitative estimate of drug-likeness (QED) is 0.313. The van der Waals surface area contributed by atoms with Gasteiger partial charge in [-0.3, -0.25) is 9.69 Å². The fourth-order valence-electron chi connectivity index (χ4n) is 3.74. The predicted molar refractivity (Wildman–Crippen MR) is 141 cm³/mol. The summed E-state index contributed by atoms with van der Waals surface area (Å²) in [5, 5.41) is 0.375. The molecule has 12 heteroatoms. The SMILES string of the molecule is CCN(CC)CCN(C(=O)CCCS(=O)(=O)c1ccc(F)cc1)c1nc2c(S(C)(=O)=O)cccc2s1. The first-order valence-corrected chi connectivity index (χ1v) is 15.9. The molecule has 0 radical (unpaired) electrons. The summed E-state index contributed by atoms with van der Waals surface area (Å²) in [5.41, 5.74) is 0.319.